The molecule has 6 heteroatoms. The Labute approximate surface area is 104 Å². The Morgan fingerprint density at radius 1 is 1.40 bits per heavy atom. The van der Waals surface area contributed by atoms with Crippen LogP contribution in [0.1, 0.15) is 0 Å². The van der Waals surface area contributed by atoms with Gasteiger partial charge in [0.15, 0.2) is 0 Å². The highest BCUT2D eigenvalue weighted by molar-refractivity contribution is 9.11. The molecule has 1 rings (SSSR count). The third-order valence-electron chi connectivity index (χ3n) is 1.73. The summed E-state index contributed by atoms with van der Waals surface area (Å²) in [6.07, 6.45) is -0.903. The number of aliphatic hydroxyl groups excluding tert-OH is 2. The fraction of sp³-hybridized carbons (Fsp3) is 0.333. The van der Waals surface area contributed by atoms with E-state index in [1.807, 2.05) is 0 Å². The monoisotopic (exact) mass is 341 g/mol. The Morgan fingerprint density at radius 3 is 2.60 bits per heavy atom. The topological polar surface area (TPSA) is 52.5 Å². The lowest BCUT2D eigenvalue weighted by molar-refractivity contribution is 0.105. The molecule has 1 unspecified atom stereocenters. The molecule has 0 bridgehead atoms. The fourth-order valence-electron chi connectivity index (χ4n) is 0.996. The molecule has 1 aromatic rings. The lowest BCUT2D eigenvalue weighted by Gasteiger charge is -2.12. The van der Waals surface area contributed by atoms with Crippen LogP contribution in [0.4, 0.5) is 10.1 Å². The molecular formula is C9H10Br2FNO2. The third kappa shape index (κ3) is 3.71. The van der Waals surface area contributed by atoms with Gasteiger partial charge in [-0.05, 0) is 28.1 Å². The maximum atomic E-state index is 13.4. The number of benzene rings is 1. The van der Waals surface area contributed by atoms with Crippen molar-refractivity contribution < 1.29 is 14.6 Å². The number of anilines is 1. The summed E-state index contributed by atoms with van der Waals surface area (Å²) in [4.78, 5) is 0. The second-order valence-electron chi connectivity index (χ2n) is 2.96. The van der Waals surface area contributed by atoms with Crippen LogP contribution in [-0.4, -0.2) is 29.5 Å². The van der Waals surface area contributed by atoms with Crippen LogP contribution in [0, 0.1) is 5.82 Å². The first-order valence-electron chi connectivity index (χ1n) is 4.22. The van der Waals surface area contributed by atoms with Crippen LogP contribution in [0.2, 0.25) is 0 Å². The fourth-order valence-corrected chi connectivity index (χ4v) is 2.31. The largest absolute Gasteiger partial charge is 0.394 e. The van der Waals surface area contributed by atoms with Crippen molar-refractivity contribution in [2.24, 2.45) is 0 Å². The van der Waals surface area contributed by atoms with E-state index in [4.69, 9.17) is 10.2 Å². The molecule has 0 aliphatic rings. The van der Waals surface area contributed by atoms with Gasteiger partial charge in [-0.1, -0.05) is 15.9 Å². The molecule has 3 N–H and O–H groups in total. The van der Waals surface area contributed by atoms with Gasteiger partial charge in [0, 0.05) is 15.5 Å². The molecule has 0 spiro atoms. The van der Waals surface area contributed by atoms with Crippen molar-refractivity contribution >= 4 is 37.5 Å². The highest BCUT2D eigenvalue weighted by Gasteiger charge is 2.09. The van der Waals surface area contributed by atoms with Gasteiger partial charge in [-0.3, -0.25) is 0 Å². The number of nitrogens with one attached hydrogen (secondary N) is 1. The third-order valence-corrected chi connectivity index (χ3v) is 2.82. The van der Waals surface area contributed by atoms with Crippen LogP contribution in [0.5, 0.6) is 0 Å². The normalized spacial score (nSPS) is 12.6. The van der Waals surface area contributed by atoms with Crippen molar-refractivity contribution in [1.29, 1.82) is 0 Å². The summed E-state index contributed by atoms with van der Waals surface area (Å²) in [6.45, 7) is -0.267. The maximum absolute atomic E-state index is 13.4. The van der Waals surface area contributed by atoms with E-state index in [0.717, 1.165) is 0 Å². The van der Waals surface area contributed by atoms with E-state index in [0.29, 0.717) is 8.95 Å². The van der Waals surface area contributed by atoms with Crippen LogP contribution in [-0.2, 0) is 0 Å². The second-order valence-corrected chi connectivity index (χ2v) is 4.73. The lowest BCUT2D eigenvalue weighted by atomic mass is 10.3. The molecule has 84 valence electrons. The zero-order valence-electron chi connectivity index (χ0n) is 7.67. The molecule has 0 aliphatic heterocycles. The van der Waals surface area contributed by atoms with Crippen LogP contribution in [0.3, 0.4) is 0 Å². The Hall–Kier alpha value is -0.170. The summed E-state index contributed by atoms with van der Waals surface area (Å²) in [7, 11) is 0. The quantitative estimate of drug-likeness (QED) is 0.785. The Balaban J connectivity index is 2.77. The molecule has 1 atom stereocenters. The van der Waals surface area contributed by atoms with E-state index in [2.05, 4.69) is 37.2 Å². The van der Waals surface area contributed by atoms with E-state index in [1.165, 1.54) is 6.07 Å². The van der Waals surface area contributed by atoms with Gasteiger partial charge in [0.25, 0.3) is 0 Å². The molecule has 1 aromatic carbocycles. The van der Waals surface area contributed by atoms with E-state index in [-0.39, 0.29) is 18.8 Å². The summed E-state index contributed by atoms with van der Waals surface area (Å²) >= 11 is 6.35. The summed E-state index contributed by atoms with van der Waals surface area (Å²) in [5.74, 6) is -0.429. The first kappa shape index (κ1) is 12.9. The van der Waals surface area contributed by atoms with Crippen molar-refractivity contribution in [3.63, 3.8) is 0 Å². The van der Waals surface area contributed by atoms with Gasteiger partial charge in [0.2, 0.25) is 0 Å². The first-order valence-corrected chi connectivity index (χ1v) is 5.80. The smallest absolute Gasteiger partial charge is 0.148 e. The summed E-state index contributed by atoms with van der Waals surface area (Å²) in [5, 5.41) is 20.4. The highest BCUT2D eigenvalue weighted by Crippen LogP contribution is 2.29. The van der Waals surface area contributed by atoms with Crippen molar-refractivity contribution in [2.75, 3.05) is 18.5 Å². The van der Waals surface area contributed by atoms with Crippen molar-refractivity contribution in [2.45, 2.75) is 6.10 Å². The molecule has 3 nitrogen and oxygen atoms in total. The molecule has 0 aromatic heterocycles. The van der Waals surface area contributed by atoms with Crippen LogP contribution in [0.15, 0.2) is 21.1 Å². The zero-order chi connectivity index (χ0) is 11.4. The van der Waals surface area contributed by atoms with Gasteiger partial charge < -0.3 is 15.5 Å². The van der Waals surface area contributed by atoms with Crippen molar-refractivity contribution in [1.82, 2.24) is 0 Å². The minimum Gasteiger partial charge on any atom is -0.394 e. The maximum Gasteiger partial charge on any atom is 0.148 e. The molecule has 0 aliphatic carbocycles. The molecule has 0 saturated carbocycles. The van der Waals surface area contributed by atoms with Gasteiger partial charge >= 0.3 is 0 Å². The molecule has 0 amide bonds. The molecule has 0 radical (unpaired) electrons. The first-order chi connectivity index (χ1) is 7.04. The van der Waals surface area contributed by atoms with Crippen molar-refractivity contribution in [3.05, 3.63) is 26.9 Å². The molecule has 0 heterocycles. The molecule has 0 saturated heterocycles. The second kappa shape index (κ2) is 5.79. The van der Waals surface area contributed by atoms with Gasteiger partial charge in [-0.25, -0.2) is 4.39 Å². The highest BCUT2D eigenvalue weighted by atomic mass is 79.9. The van der Waals surface area contributed by atoms with E-state index < -0.39 is 11.9 Å². The minimum absolute atomic E-state index is 0.0909. The Kier molecular flexibility index (Phi) is 4.98. The van der Waals surface area contributed by atoms with Crippen molar-refractivity contribution in [3.8, 4) is 0 Å². The van der Waals surface area contributed by atoms with Gasteiger partial charge in [0.05, 0.1) is 18.4 Å². The predicted octanol–water partition coefficient (Wildman–Crippen LogP) is 2.12. The standard InChI is InChI=1S/C9H10Br2FNO2/c10-5-1-7(11)9(8(12)2-5)13-3-6(15)4-14/h1-2,6,13-15H,3-4H2. The molecule has 15 heavy (non-hydrogen) atoms. The summed E-state index contributed by atoms with van der Waals surface area (Å²) in [6, 6.07) is 3.01. The predicted molar refractivity (Wildman–Crippen MR) is 63.4 cm³/mol. The molecular weight excluding hydrogens is 333 g/mol. The average Bonchev–Trinajstić information content (AvgIpc) is 2.15. The summed E-state index contributed by atoms with van der Waals surface area (Å²) < 4.78 is 14.6. The number of rotatable bonds is 4. The lowest BCUT2D eigenvalue weighted by Crippen LogP contribution is -2.23. The van der Waals surface area contributed by atoms with Crippen LogP contribution in [0.25, 0.3) is 0 Å². The summed E-state index contributed by atoms with van der Waals surface area (Å²) in [5.41, 5.74) is 0.269. The number of aliphatic hydroxyl groups is 2. The number of hydrogen-bond donors (Lipinski definition) is 3. The number of halogens is 3. The Bertz CT molecular complexity index is 326. The van der Waals surface area contributed by atoms with Gasteiger partial charge in [-0.15, -0.1) is 0 Å². The zero-order valence-corrected chi connectivity index (χ0v) is 10.8. The van der Waals surface area contributed by atoms with E-state index in [9.17, 15) is 4.39 Å². The van der Waals surface area contributed by atoms with Crippen LogP contribution < -0.4 is 5.32 Å². The average molecular weight is 343 g/mol. The van der Waals surface area contributed by atoms with Gasteiger partial charge in [0.1, 0.15) is 5.82 Å². The van der Waals surface area contributed by atoms with Gasteiger partial charge in [-0.2, -0.15) is 0 Å². The van der Waals surface area contributed by atoms with Crippen LogP contribution >= 0.6 is 31.9 Å². The Morgan fingerprint density at radius 2 is 2.07 bits per heavy atom. The molecule has 0 fully saturated rings. The minimum atomic E-state index is -0.903. The SMILES string of the molecule is OCC(O)CNc1c(F)cc(Br)cc1Br. The number of hydrogen-bond acceptors (Lipinski definition) is 3. The van der Waals surface area contributed by atoms with E-state index >= 15 is 0 Å². The van der Waals surface area contributed by atoms with E-state index in [1.54, 1.807) is 6.07 Å².